The van der Waals surface area contributed by atoms with E-state index in [-0.39, 0.29) is 10.1 Å². The second-order valence-corrected chi connectivity index (χ2v) is 9.28. The fraction of sp³-hybridized carbons (Fsp3) is 0.444. The molecule has 0 aliphatic rings. The van der Waals surface area contributed by atoms with Crippen molar-refractivity contribution in [2.75, 3.05) is 19.0 Å². The number of aliphatic hydroxyl groups is 1. The third-order valence-corrected chi connectivity index (χ3v) is 7.26. The molecule has 138 valence electrons. The van der Waals surface area contributed by atoms with E-state index in [9.17, 15) is 13.5 Å². The molecule has 2 N–H and O–H groups in total. The Balaban J connectivity index is 2.27. The molecule has 0 fully saturated rings. The first-order chi connectivity index (χ1) is 11.8. The molecular formula is C18H26N2O3S2. The van der Waals surface area contributed by atoms with E-state index in [4.69, 9.17) is 0 Å². The van der Waals surface area contributed by atoms with E-state index in [0.29, 0.717) is 5.56 Å². The standard InChI is InChI=1S/C18H26N2O3S2/c1-5-13(2)17(19-25(22,23)16-7-6-12-24-16)18(21)14-8-10-15(11-9-14)20(3)4/h6-13,17-19,21H,5H2,1-4H3/t13-,17?,18-/m0/s1. The van der Waals surface area contributed by atoms with Gasteiger partial charge in [-0.3, -0.25) is 0 Å². The Morgan fingerprint density at radius 1 is 1.20 bits per heavy atom. The Morgan fingerprint density at radius 3 is 2.32 bits per heavy atom. The molecule has 1 aromatic carbocycles. The SMILES string of the molecule is CC[C@H](C)C(NS(=O)(=O)c1cccs1)[C@@H](O)c1ccc(N(C)C)cc1. The van der Waals surface area contributed by atoms with Crippen LogP contribution in [0.25, 0.3) is 0 Å². The second-order valence-electron chi connectivity index (χ2n) is 6.40. The monoisotopic (exact) mass is 382 g/mol. The summed E-state index contributed by atoms with van der Waals surface area (Å²) in [5, 5.41) is 12.6. The lowest BCUT2D eigenvalue weighted by molar-refractivity contribution is 0.112. The van der Waals surface area contributed by atoms with Gasteiger partial charge in [0, 0.05) is 19.8 Å². The van der Waals surface area contributed by atoms with Crippen LogP contribution >= 0.6 is 11.3 Å². The molecule has 5 nitrogen and oxygen atoms in total. The van der Waals surface area contributed by atoms with E-state index < -0.39 is 22.2 Å². The van der Waals surface area contributed by atoms with Crippen molar-refractivity contribution in [3.8, 4) is 0 Å². The van der Waals surface area contributed by atoms with Gasteiger partial charge in [0.15, 0.2) is 0 Å². The average molecular weight is 383 g/mol. The molecule has 1 heterocycles. The lowest BCUT2D eigenvalue weighted by Gasteiger charge is -2.29. The molecule has 0 saturated heterocycles. The first-order valence-corrected chi connectivity index (χ1v) is 10.6. The van der Waals surface area contributed by atoms with E-state index in [1.54, 1.807) is 17.5 Å². The van der Waals surface area contributed by atoms with Crippen molar-refractivity contribution in [2.45, 2.75) is 36.6 Å². The lowest BCUT2D eigenvalue weighted by Crippen LogP contribution is -2.43. The molecule has 7 heteroatoms. The van der Waals surface area contributed by atoms with Crippen molar-refractivity contribution < 1.29 is 13.5 Å². The van der Waals surface area contributed by atoms with Crippen molar-refractivity contribution in [1.29, 1.82) is 0 Å². The Labute approximate surface area is 154 Å². The van der Waals surface area contributed by atoms with E-state index in [2.05, 4.69) is 4.72 Å². The number of thiophene rings is 1. The van der Waals surface area contributed by atoms with Crippen LogP contribution in [0.15, 0.2) is 46.0 Å². The maximum absolute atomic E-state index is 12.6. The summed E-state index contributed by atoms with van der Waals surface area (Å²) >= 11 is 1.17. The number of aliphatic hydroxyl groups excluding tert-OH is 1. The van der Waals surface area contributed by atoms with E-state index in [1.807, 2.05) is 57.1 Å². The van der Waals surface area contributed by atoms with Crippen LogP contribution in [0.4, 0.5) is 5.69 Å². The summed E-state index contributed by atoms with van der Waals surface area (Å²) in [5.41, 5.74) is 1.72. The molecule has 0 bridgehead atoms. The van der Waals surface area contributed by atoms with Crippen LogP contribution in [0.2, 0.25) is 0 Å². The van der Waals surface area contributed by atoms with Gasteiger partial charge in [0.05, 0.1) is 12.1 Å². The Bertz CT molecular complexity index is 756. The quantitative estimate of drug-likeness (QED) is 0.735. The Kier molecular flexibility index (Phi) is 6.62. The molecule has 0 aliphatic carbocycles. The topological polar surface area (TPSA) is 69.6 Å². The van der Waals surface area contributed by atoms with Crippen LogP contribution in [0.5, 0.6) is 0 Å². The molecule has 0 spiro atoms. The number of sulfonamides is 1. The van der Waals surface area contributed by atoms with Gasteiger partial charge in [-0.2, -0.15) is 0 Å². The molecule has 0 amide bonds. The number of nitrogens with one attached hydrogen (secondary N) is 1. The van der Waals surface area contributed by atoms with Gasteiger partial charge in [0.1, 0.15) is 4.21 Å². The Morgan fingerprint density at radius 2 is 1.84 bits per heavy atom. The number of anilines is 1. The molecule has 3 atom stereocenters. The summed E-state index contributed by atoms with van der Waals surface area (Å²) in [4.78, 5) is 1.97. The molecule has 1 unspecified atom stereocenters. The van der Waals surface area contributed by atoms with Crippen molar-refractivity contribution in [3.05, 3.63) is 47.3 Å². The zero-order valence-corrected chi connectivity index (χ0v) is 16.6. The minimum Gasteiger partial charge on any atom is -0.387 e. The van der Waals surface area contributed by atoms with E-state index in [1.165, 1.54) is 11.3 Å². The smallest absolute Gasteiger partial charge is 0.250 e. The first-order valence-electron chi connectivity index (χ1n) is 8.27. The zero-order valence-electron chi connectivity index (χ0n) is 15.0. The highest BCUT2D eigenvalue weighted by atomic mass is 32.2. The summed E-state index contributed by atoms with van der Waals surface area (Å²) in [5.74, 6) is -0.0155. The van der Waals surface area contributed by atoms with Gasteiger partial charge in [0.2, 0.25) is 10.0 Å². The summed E-state index contributed by atoms with van der Waals surface area (Å²) in [6, 6.07) is 10.2. The van der Waals surface area contributed by atoms with Crippen molar-refractivity contribution in [2.24, 2.45) is 5.92 Å². The summed E-state index contributed by atoms with van der Waals surface area (Å²) in [7, 11) is 0.248. The van der Waals surface area contributed by atoms with Gasteiger partial charge in [-0.1, -0.05) is 38.5 Å². The number of benzene rings is 1. The molecule has 0 radical (unpaired) electrons. The van der Waals surface area contributed by atoms with Gasteiger partial charge in [-0.05, 0) is 35.1 Å². The highest BCUT2D eigenvalue weighted by Gasteiger charge is 2.31. The molecule has 1 aromatic heterocycles. The minimum atomic E-state index is -3.65. The zero-order chi connectivity index (χ0) is 18.6. The first kappa shape index (κ1) is 19.9. The summed E-state index contributed by atoms with van der Waals surface area (Å²) < 4.78 is 28.1. The summed E-state index contributed by atoms with van der Waals surface area (Å²) in [6.45, 7) is 3.93. The molecule has 0 aliphatic heterocycles. The van der Waals surface area contributed by atoms with Gasteiger partial charge in [-0.15, -0.1) is 11.3 Å². The van der Waals surface area contributed by atoms with Gasteiger partial charge < -0.3 is 10.0 Å². The predicted molar refractivity (Wildman–Crippen MR) is 104 cm³/mol. The predicted octanol–water partition coefficient (Wildman–Crippen LogP) is 3.24. The van der Waals surface area contributed by atoms with Crippen molar-refractivity contribution >= 4 is 27.0 Å². The van der Waals surface area contributed by atoms with Gasteiger partial charge >= 0.3 is 0 Å². The maximum Gasteiger partial charge on any atom is 0.250 e. The van der Waals surface area contributed by atoms with E-state index >= 15 is 0 Å². The molecule has 0 saturated carbocycles. The van der Waals surface area contributed by atoms with Gasteiger partial charge in [-0.25, -0.2) is 13.1 Å². The van der Waals surface area contributed by atoms with Crippen LogP contribution in [-0.2, 0) is 10.0 Å². The lowest BCUT2D eigenvalue weighted by atomic mass is 9.91. The molecular weight excluding hydrogens is 356 g/mol. The molecule has 2 rings (SSSR count). The van der Waals surface area contributed by atoms with Crippen molar-refractivity contribution in [1.82, 2.24) is 4.72 Å². The normalized spacial score (nSPS) is 15.6. The third kappa shape index (κ3) is 4.82. The highest BCUT2D eigenvalue weighted by molar-refractivity contribution is 7.91. The Hall–Kier alpha value is -1.41. The third-order valence-electron chi connectivity index (χ3n) is 4.40. The maximum atomic E-state index is 12.6. The van der Waals surface area contributed by atoms with Crippen LogP contribution in [0.1, 0.15) is 31.9 Å². The van der Waals surface area contributed by atoms with Crippen LogP contribution in [-0.4, -0.2) is 33.7 Å². The summed E-state index contributed by atoms with van der Waals surface area (Å²) in [6.07, 6.45) is -0.161. The average Bonchev–Trinajstić information content (AvgIpc) is 3.14. The minimum absolute atomic E-state index is 0.0155. The highest BCUT2D eigenvalue weighted by Crippen LogP contribution is 2.27. The van der Waals surface area contributed by atoms with Gasteiger partial charge in [0.25, 0.3) is 0 Å². The fourth-order valence-corrected chi connectivity index (χ4v) is 4.94. The number of hydrogen-bond acceptors (Lipinski definition) is 5. The van der Waals surface area contributed by atoms with E-state index in [0.717, 1.165) is 12.1 Å². The largest absolute Gasteiger partial charge is 0.387 e. The van der Waals surface area contributed by atoms with Crippen LogP contribution in [0.3, 0.4) is 0 Å². The second kappa shape index (κ2) is 8.31. The number of hydrogen-bond donors (Lipinski definition) is 2. The number of nitrogens with zero attached hydrogens (tertiary/aromatic N) is 1. The molecule has 25 heavy (non-hydrogen) atoms. The number of rotatable bonds is 8. The molecule has 2 aromatic rings. The van der Waals surface area contributed by atoms with Crippen LogP contribution in [0, 0.1) is 5.92 Å². The van der Waals surface area contributed by atoms with Crippen molar-refractivity contribution in [3.63, 3.8) is 0 Å². The fourth-order valence-electron chi connectivity index (χ4n) is 2.58. The van der Waals surface area contributed by atoms with Crippen LogP contribution < -0.4 is 9.62 Å².